The zero-order valence-corrected chi connectivity index (χ0v) is 25.6. The van der Waals surface area contributed by atoms with Gasteiger partial charge in [-0.05, 0) is 61.1 Å². The molecule has 1 aromatic heterocycles. The van der Waals surface area contributed by atoms with Gasteiger partial charge in [-0.3, -0.25) is 19.2 Å². The third kappa shape index (κ3) is 8.37. The van der Waals surface area contributed by atoms with Crippen LogP contribution in [0.3, 0.4) is 0 Å². The van der Waals surface area contributed by atoms with E-state index >= 15 is 0 Å². The number of hydrogen-bond acceptors (Lipinski definition) is 9. The van der Waals surface area contributed by atoms with Crippen molar-refractivity contribution in [1.29, 1.82) is 0 Å². The number of likely N-dealkylation sites (tertiary alicyclic amines) is 1. The van der Waals surface area contributed by atoms with Crippen molar-refractivity contribution in [2.45, 2.75) is 58.7 Å². The number of oxazole rings is 1. The van der Waals surface area contributed by atoms with E-state index in [1.54, 1.807) is 52.0 Å². The number of Topliss-reactive ketones (excluding diaryl/α,β-unsaturated/α-hetero) is 1. The van der Waals surface area contributed by atoms with E-state index < -0.39 is 54.2 Å². The molecule has 3 atom stereocenters. The molecule has 0 saturated carbocycles. The summed E-state index contributed by atoms with van der Waals surface area (Å²) in [5, 5.41) is 14.3. The Balaban J connectivity index is 1.36. The molecule has 2 heterocycles. The standard InChI is InChI=1S/C32H38N4O9/c1-18(2)27(29(40)31-33-22-8-5-6-10-24(22)45-31)35-30(41)23-9-7-15-36(23)32(42)28(19(3)4)34-25(37)16-43-20-11-13-21(14-12-20)44-17-26(38)39/h5-6,8,10-14,18-19,23,27-28H,7,9,15-17H2,1-4H3,(H,34,37)(H,35,41)(H,38,39)/t23-,27-,28-/m0/s1. The minimum atomic E-state index is -1.10. The molecule has 45 heavy (non-hydrogen) atoms. The lowest BCUT2D eigenvalue weighted by atomic mass is 9.98. The molecular weight excluding hydrogens is 584 g/mol. The van der Waals surface area contributed by atoms with E-state index in [4.69, 9.17) is 19.0 Å². The second kappa shape index (κ2) is 14.7. The number of benzene rings is 2. The summed E-state index contributed by atoms with van der Waals surface area (Å²) < 4.78 is 16.2. The van der Waals surface area contributed by atoms with Crippen LogP contribution in [0, 0.1) is 11.8 Å². The molecule has 1 saturated heterocycles. The molecule has 0 bridgehead atoms. The number of carboxylic acids is 1. The van der Waals surface area contributed by atoms with E-state index in [1.165, 1.54) is 29.2 Å². The third-order valence-electron chi connectivity index (χ3n) is 7.40. The van der Waals surface area contributed by atoms with Gasteiger partial charge in [0.15, 0.2) is 18.8 Å². The molecule has 1 aliphatic rings. The summed E-state index contributed by atoms with van der Waals surface area (Å²) >= 11 is 0. The highest BCUT2D eigenvalue weighted by Gasteiger charge is 2.40. The van der Waals surface area contributed by atoms with Crippen LogP contribution in [0.2, 0.25) is 0 Å². The number of rotatable bonds is 14. The predicted octanol–water partition coefficient (Wildman–Crippen LogP) is 2.83. The van der Waals surface area contributed by atoms with Gasteiger partial charge in [0.2, 0.25) is 17.6 Å². The van der Waals surface area contributed by atoms with Crippen molar-refractivity contribution >= 4 is 40.6 Å². The Morgan fingerprint density at radius 1 is 0.911 bits per heavy atom. The van der Waals surface area contributed by atoms with Crippen molar-refractivity contribution in [2.24, 2.45) is 11.8 Å². The topological polar surface area (TPSA) is 177 Å². The maximum absolute atomic E-state index is 13.7. The Kier molecular flexibility index (Phi) is 10.8. The van der Waals surface area contributed by atoms with Crippen molar-refractivity contribution in [2.75, 3.05) is 19.8 Å². The second-order valence-corrected chi connectivity index (χ2v) is 11.5. The molecule has 4 rings (SSSR count). The number of amides is 3. The maximum Gasteiger partial charge on any atom is 0.341 e. The largest absolute Gasteiger partial charge is 0.484 e. The van der Waals surface area contributed by atoms with E-state index in [9.17, 15) is 24.0 Å². The molecule has 0 unspecified atom stereocenters. The average Bonchev–Trinajstić information content (AvgIpc) is 3.68. The fraction of sp³-hybridized carbons (Fsp3) is 0.438. The summed E-state index contributed by atoms with van der Waals surface area (Å²) in [5.41, 5.74) is 1.00. The molecule has 0 spiro atoms. The van der Waals surface area contributed by atoms with Gasteiger partial charge in [0.05, 0.1) is 6.04 Å². The van der Waals surface area contributed by atoms with Crippen LogP contribution < -0.4 is 20.1 Å². The summed E-state index contributed by atoms with van der Waals surface area (Å²) in [6.07, 6.45) is 0.997. The van der Waals surface area contributed by atoms with Gasteiger partial charge < -0.3 is 34.5 Å². The van der Waals surface area contributed by atoms with E-state index in [0.717, 1.165) is 0 Å². The molecular formula is C32H38N4O9. The number of ether oxygens (including phenoxy) is 2. The average molecular weight is 623 g/mol. The van der Waals surface area contributed by atoms with Crippen LogP contribution in [0.15, 0.2) is 52.9 Å². The van der Waals surface area contributed by atoms with Gasteiger partial charge in [-0.1, -0.05) is 39.8 Å². The maximum atomic E-state index is 13.7. The summed E-state index contributed by atoms with van der Waals surface area (Å²) in [7, 11) is 0. The minimum Gasteiger partial charge on any atom is -0.484 e. The first kappa shape index (κ1) is 33.0. The number of carbonyl (C=O) groups excluding carboxylic acids is 4. The Hall–Kier alpha value is -4.94. The molecule has 1 fully saturated rings. The molecule has 13 nitrogen and oxygen atoms in total. The van der Waals surface area contributed by atoms with Gasteiger partial charge in [0.1, 0.15) is 29.1 Å². The second-order valence-electron chi connectivity index (χ2n) is 11.5. The van der Waals surface area contributed by atoms with Gasteiger partial charge in [0.25, 0.3) is 11.8 Å². The van der Waals surface area contributed by atoms with Crippen LogP contribution in [0.5, 0.6) is 11.5 Å². The molecule has 0 radical (unpaired) electrons. The smallest absolute Gasteiger partial charge is 0.341 e. The summed E-state index contributed by atoms with van der Waals surface area (Å²) in [4.78, 5) is 69.7. The Morgan fingerprint density at radius 3 is 2.13 bits per heavy atom. The van der Waals surface area contributed by atoms with Gasteiger partial charge in [-0.15, -0.1) is 0 Å². The highest BCUT2D eigenvalue weighted by molar-refractivity contribution is 6.01. The zero-order chi connectivity index (χ0) is 32.7. The van der Waals surface area contributed by atoms with Crippen molar-refractivity contribution in [1.82, 2.24) is 20.5 Å². The first-order chi connectivity index (χ1) is 21.4. The highest BCUT2D eigenvalue weighted by Crippen LogP contribution is 2.23. The Bertz CT molecular complexity index is 1500. The van der Waals surface area contributed by atoms with E-state index in [2.05, 4.69) is 15.6 Å². The lowest BCUT2D eigenvalue weighted by molar-refractivity contribution is -0.142. The molecule has 240 valence electrons. The number of carbonyl (C=O) groups is 5. The lowest BCUT2D eigenvalue weighted by Gasteiger charge is -2.31. The fourth-order valence-electron chi connectivity index (χ4n) is 5.03. The molecule has 3 aromatic rings. The quantitative estimate of drug-likeness (QED) is 0.227. The normalized spacial score (nSPS) is 16.0. The van der Waals surface area contributed by atoms with Gasteiger partial charge in [-0.25, -0.2) is 9.78 Å². The number of aromatic nitrogens is 1. The number of carboxylic acid groups (broad SMARTS) is 1. The monoisotopic (exact) mass is 622 g/mol. The number of nitrogens with zero attached hydrogens (tertiary/aromatic N) is 2. The lowest BCUT2D eigenvalue weighted by Crippen LogP contribution is -2.57. The number of nitrogens with one attached hydrogen (secondary N) is 2. The van der Waals surface area contributed by atoms with Gasteiger partial charge in [0, 0.05) is 6.54 Å². The van der Waals surface area contributed by atoms with Crippen LogP contribution >= 0.6 is 0 Å². The highest BCUT2D eigenvalue weighted by atomic mass is 16.5. The Morgan fingerprint density at radius 2 is 1.53 bits per heavy atom. The Labute approximate surface area is 260 Å². The summed E-state index contributed by atoms with van der Waals surface area (Å²) in [5.74, 6) is -2.94. The van der Waals surface area contributed by atoms with Crippen LogP contribution in [-0.4, -0.2) is 82.3 Å². The van der Waals surface area contributed by atoms with E-state index in [0.29, 0.717) is 42.0 Å². The number of hydrogen-bond donors (Lipinski definition) is 3. The number of para-hydroxylation sites is 2. The third-order valence-corrected chi connectivity index (χ3v) is 7.40. The first-order valence-electron chi connectivity index (χ1n) is 14.8. The van der Waals surface area contributed by atoms with Crippen molar-refractivity contribution in [3.63, 3.8) is 0 Å². The molecule has 2 aromatic carbocycles. The van der Waals surface area contributed by atoms with Gasteiger partial charge >= 0.3 is 5.97 Å². The SMILES string of the molecule is CC(C)[C@H](NC(=O)[C@@H]1CCCN1C(=O)[C@@H](NC(=O)COc1ccc(OCC(=O)O)cc1)C(C)C)C(=O)c1nc2ccccc2o1. The molecule has 3 amide bonds. The first-order valence-corrected chi connectivity index (χ1v) is 14.8. The number of fused-ring (bicyclic) bond motifs is 1. The zero-order valence-electron chi connectivity index (χ0n) is 25.6. The minimum absolute atomic E-state index is 0.0955. The van der Waals surface area contributed by atoms with Gasteiger partial charge in [-0.2, -0.15) is 0 Å². The van der Waals surface area contributed by atoms with Crippen LogP contribution in [0.25, 0.3) is 11.1 Å². The van der Waals surface area contributed by atoms with Crippen LogP contribution in [-0.2, 0) is 19.2 Å². The number of ketones is 1. The van der Waals surface area contributed by atoms with E-state index in [-0.39, 0.29) is 24.3 Å². The van der Waals surface area contributed by atoms with Crippen molar-refractivity contribution in [3.8, 4) is 11.5 Å². The molecule has 3 N–H and O–H groups in total. The molecule has 1 aliphatic heterocycles. The summed E-state index contributed by atoms with van der Waals surface area (Å²) in [6.45, 7) is 6.66. The predicted molar refractivity (Wildman–Crippen MR) is 162 cm³/mol. The van der Waals surface area contributed by atoms with Crippen LogP contribution in [0.4, 0.5) is 0 Å². The van der Waals surface area contributed by atoms with Crippen molar-refractivity contribution in [3.05, 3.63) is 54.4 Å². The molecule has 13 heteroatoms. The van der Waals surface area contributed by atoms with Crippen LogP contribution in [0.1, 0.15) is 51.2 Å². The summed E-state index contributed by atoms with van der Waals surface area (Å²) in [6, 6.07) is 10.4. The molecule has 0 aliphatic carbocycles. The number of aliphatic carboxylic acids is 1. The fourth-order valence-corrected chi connectivity index (χ4v) is 5.03. The van der Waals surface area contributed by atoms with Crippen molar-refractivity contribution < 1.29 is 43.0 Å². The van der Waals surface area contributed by atoms with E-state index in [1.807, 2.05) is 0 Å².